The fourth-order valence-corrected chi connectivity index (χ4v) is 1.22. The van der Waals surface area contributed by atoms with E-state index in [0.717, 1.165) is 0 Å². The average Bonchev–Trinajstić information content (AvgIpc) is 2.13. The zero-order valence-corrected chi connectivity index (χ0v) is 10.8. The van der Waals surface area contributed by atoms with Crippen molar-refractivity contribution in [1.82, 2.24) is 10.6 Å². The maximum Gasteiger partial charge on any atom is 0.242 e. The zero-order valence-electron chi connectivity index (χ0n) is 10.8. The molecule has 0 saturated carbocycles. The standard InChI is InChI=1S/C11H23N3O2/c1-7(2)6-8(9(15)13-5)14-10(16)11(3,4)12/h7-8H,6,12H2,1-5H3,(H,13,15)(H,14,16)/t8-/m0/s1. The van der Waals surface area contributed by atoms with Gasteiger partial charge in [-0.25, -0.2) is 0 Å². The first-order valence-corrected chi connectivity index (χ1v) is 5.50. The molecule has 0 aromatic carbocycles. The maximum atomic E-state index is 11.7. The summed E-state index contributed by atoms with van der Waals surface area (Å²) in [7, 11) is 1.55. The van der Waals surface area contributed by atoms with E-state index in [2.05, 4.69) is 10.6 Å². The van der Waals surface area contributed by atoms with Crippen LogP contribution in [0, 0.1) is 5.92 Å². The van der Waals surface area contributed by atoms with Crippen LogP contribution in [0.1, 0.15) is 34.1 Å². The number of rotatable bonds is 5. The van der Waals surface area contributed by atoms with Gasteiger partial charge in [0.2, 0.25) is 11.8 Å². The first kappa shape index (κ1) is 14.9. The SMILES string of the molecule is CNC(=O)[C@H](CC(C)C)NC(=O)C(C)(C)N. The Bertz CT molecular complexity index is 256. The number of hydrogen-bond acceptors (Lipinski definition) is 3. The van der Waals surface area contributed by atoms with Gasteiger partial charge in [-0.3, -0.25) is 9.59 Å². The van der Waals surface area contributed by atoms with E-state index in [4.69, 9.17) is 5.73 Å². The predicted molar refractivity (Wildman–Crippen MR) is 63.7 cm³/mol. The molecule has 0 spiro atoms. The summed E-state index contributed by atoms with van der Waals surface area (Å²) in [6, 6.07) is -0.514. The maximum absolute atomic E-state index is 11.7. The van der Waals surface area contributed by atoms with Crippen molar-refractivity contribution in [3.05, 3.63) is 0 Å². The molecule has 0 aliphatic rings. The number of hydrogen-bond donors (Lipinski definition) is 3. The van der Waals surface area contributed by atoms with Crippen LogP contribution in [0.5, 0.6) is 0 Å². The molecule has 0 aromatic rings. The van der Waals surface area contributed by atoms with Gasteiger partial charge in [-0.15, -0.1) is 0 Å². The third kappa shape index (κ3) is 5.11. The van der Waals surface area contributed by atoms with E-state index in [0.29, 0.717) is 12.3 Å². The van der Waals surface area contributed by atoms with Crippen LogP contribution in [0.4, 0.5) is 0 Å². The van der Waals surface area contributed by atoms with Crippen molar-refractivity contribution in [2.24, 2.45) is 11.7 Å². The highest BCUT2D eigenvalue weighted by molar-refractivity contribution is 5.91. The first-order chi connectivity index (χ1) is 7.18. The molecule has 2 amide bonds. The number of amides is 2. The Hall–Kier alpha value is -1.10. The fraction of sp³-hybridized carbons (Fsp3) is 0.818. The molecule has 0 fully saturated rings. The zero-order chi connectivity index (χ0) is 12.9. The third-order valence-corrected chi connectivity index (χ3v) is 2.16. The Morgan fingerprint density at radius 2 is 1.81 bits per heavy atom. The van der Waals surface area contributed by atoms with E-state index in [9.17, 15) is 9.59 Å². The molecule has 5 nitrogen and oxygen atoms in total. The molecule has 0 heterocycles. The number of carbonyl (C=O) groups excluding carboxylic acids is 2. The normalized spacial score (nSPS) is 13.4. The van der Waals surface area contributed by atoms with Crippen molar-refractivity contribution in [3.63, 3.8) is 0 Å². The summed E-state index contributed by atoms with van der Waals surface area (Å²) in [6.07, 6.45) is 0.599. The van der Waals surface area contributed by atoms with Gasteiger partial charge in [-0.1, -0.05) is 13.8 Å². The largest absolute Gasteiger partial charge is 0.357 e. The van der Waals surface area contributed by atoms with Gasteiger partial charge in [0.1, 0.15) is 6.04 Å². The van der Waals surface area contributed by atoms with E-state index in [1.165, 1.54) is 0 Å². The van der Waals surface area contributed by atoms with Crippen molar-refractivity contribution < 1.29 is 9.59 Å². The van der Waals surface area contributed by atoms with E-state index in [1.807, 2.05) is 13.8 Å². The highest BCUT2D eigenvalue weighted by atomic mass is 16.2. The minimum Gasteiger partial charge on any atom is -0.357 e. The molecule has 1 atom stereocenters. The number of carbonyl (C=O) groups is 2. The number of likely N-dealkylation sites (N-methyl/N-ethyl adjacent to an activating group) is 1. The van der Waals surface area contributed by atoms with Crippen LogP contribution in [0.3, 0.4) is 0 Å². The lowest BCUT2D eigenvalue weighted by Crippen LogP contribution is -2.55. The molecule has 0 saturated heterocycles. The van der Waals surface area contributed by atoms with Crippen molar-refractivity contribution in [3.8, 4) is 0 Å². The lowest BCUT2D eigenvalue weighted by molar-refractivity contribution is -0.131. The van der Waals surface area contributed by atoms with Gasteiger partial charge in [-0.05, 0) is 26.2 Å². The Labute approximate surface area is 97.2 Å². The lowest BCUT2D eigenvalue weighted by atomic mass is 10.0. The summed E-state index contributed by atoms with van der Waals surface area (Å²) < 4.78 is 0. The molecule has 0 unspecified atom stereocenters. The van der Waals surface area contributed by atoms with Crippen LogP contribution in [0.2, 0.25) is 0 Å². The van der Waals surface area contributed by atoms with Gasteiger partial charge in [0, 0.05) is 7.05 Å². The van der Waals surface area contributed by atoms with E-state index in [-0.39, 0.29) is 11.8 Å². The summed E-state index contributed by atoms with van der Waals surface area (Å²) in [5, 5.41) is 5.20. The summed E-state index contributed by atoms with van der Waals surface area (Å²) >= 11 is 0. The van der Waals surface area contributed by atoms with Gasteiger partial charge in [-0.2, -0.15) is 0 Å². The molecule has 16 heavy (non-hydrogen) atoms. The highest BCUT2D eigenvalue weighted by Gasteiger charge is 2.27. The Morgan fingerprint density at radius 3 is 2.12 bits per heavy atom. The monoisotopic (exact) mass is 229 g/mol. The molecule has 0 aliphatic carbocycles. The van der Waals surface area contributed by atoms with Crippen molar-refractivity contribution in [2.75, 3.05) is 7.05 Å². The molecule has 0 aliphatic heterocycles. The molecular weight excluding hydrogens is 206 g/mol. The second kappa shape index (κ2) is 5.84. The van der Waals surface area contributed by atoms with Gasteiger partial charge in [0.15, 0.2) is 0 Å². The molecule has 0 bridgehead atoms. The quantitative estimate of drug-likeness (QED) is 0.620. The van der Waals surface area contributed by atoms with Gasteiger partial charge in [0.25, 0.3) is 0 Å². The average molecular weight is 229 g/mol. The van der Waals surface area contributed by atoms with E-state index in [1.54, 1.807) is 20.9 Å². The smallest absolute Gasteiger partial charge is 0.242 e. The molecule has 0 rings (SSSR count). The molecular formula is C11H23N3O2. The van der Waals surface area contributed by atoms with Gasteiger partial charge in [0.05, 0.1) is 5.54 Å². The van der Waals surface area contributed by atoms with Crippen molar-refractivity contribution in [2.45, 2.75) is 45.7 Å². The minimum absolute atomic E-state index is 0.189. The Kier molecular flexibility index (Phi) is 5.44. The van der Waals surface area contributed by atoms with E-state index < -0.39 is 11.6 Å². The fourth-order valence-electron chi connectivity index (χ4n) is 1.22. The van der Waals surface area contributed by atoms with Gasteiger partial charge < -0.3 is 16.4 Å². The number of nitrogens with one attached hydrogen (secondary N) is 2. The molecule has 5 heteroatoms. The van der Waals surface area contributed by atoms with Gasteiger partial charge >= 0.3 is 0 Å². The lowest BCUT2D eigenvalue weighted by Gasteiger charge is -2.24. The number of nitrogens with two attached hydrogens (primary N) is 1. The second-order valence-electron chi connectivity index (χ2n) is 4.99. The van der Waals surface area contributed by atoms with Crippen molar-refractivity contribution in [1.29, 1.82) is 0 Å². The summed E-state index contributed by atoms with van der Waals surface area (Å²) in [5.74, 6) is -0.184. The minimum atomic E-state index is -0.969. The topological polar surface area (TPSA) is 84.2 Å². The van der Waals surface area contributed by atoms with Crippen LogP contribution in [0.15, 0.2) is 0 Å². The molecule has 94 valence electrons. The second-order valence-corrected chi connectivity index (χ2v) is 4.99. The first-order valence-electron chi connectivity index (χ1n) is 5.50. The van der Waals surface area contributed by atoms with E-state index >= 15 is 0 Å². The summed E-state index contributed by atoms with van der Waals surface area (Å²) in [5.41, 5.74) is 4.69. The Balaban J connectivity index is 4.55. The molecule has 0 aromatic heterocycles. The third-order valence-electron chi connectivity index (χ3n) is 2.16. The Morgan fingerprint density at radius 1 is 1.31 bits per heavy atom. The van der Waals surface area contributed by atoms with Crippen LogP contribution < -0.4 is 16.4 Å². The highest BCUT2D eigenvalue weighted by Crippen LogP contribution is 2.06. The summed E-state index contributed by atoms with van der Waals surface area (Å²) in [4.78, 5) is 23.2. The molecule has 4 N–H and O–H groups in total. The van der Waals surface area contributed by atoms with Crippen LogP contribution >= 0.6 is 0 Å². The van der Waals surface area contributed by atoms with Crippen LogP contribution in [0.25, 0.3) is 0 Å². The van der Waals surface area contributed by atoms with Crippen LogP contribution in [-0.2, 0) is 9.59 Å². The predicted octanol–water partition coefficient (Wildman–Crippen LogP) is 0.000600. The molecule has 0 radical (unpaired) electrons. The summed E-state index contributed by atoms with van der Waals surface area (Å²) in [6.45, 7) is 7.21. The van der Waals surface area contributed by atoms with Crippen LogP contribution in [-0.4, -0.2) is 30.4 Å². The van der Waals surface area contributed by atoms with Crippen molar-refractivity contribution >= 4 is 11.8 Å².